The van der Waals surface area contributed by atoms with Crippen LogP contribution in [0.4, 0.5) is 0 Å². The minimum Gasteiger partial charge on any atom is -0.481 e. The summed E-state index contributed by atoms with van der Waals surface area (Å²) in [4.78, 5) is 21.1. The van der Waals surface area contributed by atoms with Crippen LogP contribution in [0.1, 0.15) is 19.3 Å². The number of Topliss-reactive ketones (excluding diaryl/α,β-unsaturated/α-hetero) is 1. The van der Waals surface area contributed by atoms with Crippen LogP contribution in [0.2, 0.25) is 0 Å². The van der Waals surface area contributed by atoms with Crippen LogP contribution in [0, 0.1) is 0 Å². The number of carbonyl (C=O) groups excluding carboxylic acids is 1. The zero-order chi connectivity index (χ0) is 8.27. The molecule has 0 radical (unpaired) electrons. The lowest BCUT2D eigenvalue weighted by Gasteiger charge is -2.18. The van der Waals surface area contributed by atoms with Gasteiger partial charge in [-0.15, -0.1) is 8.58 Å². The summed E-state index contributed by atoms with van der Waals surface area (Å²) in [6.07, 6.45) is 2.22. The average molecular weight is 174 g/mol. The molecule has 3 nitrogen and oxygen atoms in total. The van der Waals surface area contributed by atoms with Gasteiger partial charge in [0.15, 0.2) is 0 Å². The lowest BCUT2D eigenvalue weighted by molar-refractivity contribution is -0.137. The SMILES string of the molecule is O=C(O)CC1CC(=O)CCP1. The summed E-state index contributed by atoms with van der Waals surface area (Å²) in [5.41, 5.74) is 0.133. The minimum absolute atomic E-state index is 0.133. The van der Waals surface area contributed by atoms with Gasteiger partial charge in [0.25, 0.3) is 0 Å². The Labute approximate surface area is 67.0 Å². The minimum atomic E-state index is -0.780. The van der Waals surface area contributed by atoms with Crippen molar-refractivity contribution in [2.45, 2.75) is 24.9 Å². The Morgan fingerprint density at radius 3 is 3.00 bits per heavy atom. The summed E-state index contributed by atoms with van der Waals surface area (Å²) in [7, 11) is 0.670. The number of hydrogen-bond acceptors (Lipinski definition) is 2. The average Bonchev–Trinajstić information content (AvgIpc) is 1.85. The van der Waals surface area contributed by atoms with Crippen LogP contribution in [0.5, 0.6) is 0 Å². The standard InChI is InChI=1S/C7H11O3P/c8-5-1-2-11-6(3-5)4-7(9)10/h6,11H,1-4H2,(H,9,10). The van der Waals surface area contributed by atoms with Crippen LogP contribution in [0.3, 0.4) is 0 Å². The second-order valence-electron chi connectivity index (χ2n) is 2.74. The number of carbonyl (C=O) groups is 2. The Hall–Kier alpha value is -0.430. The van der Waals surface area contributed by atoms with E-state index in [1.807, 2.05) is 0 Å². The lowest BCUT2D eigenvalue weighted by atomic mass is 10.1. The fraction of sp³-hybridized carbons (Fsp3) is 0.714. The Bertz CT molecular complexity index is 177. The molecule has 0 aromatic heterocycles. The van der Waals surface area contributed by atoms with Gasteiger partial charge in [-0.1, -0.05) is 0 Å². The van der Waals surface area contributed by atoms with E-state index in [1.165, 1.54) is 0 Å². The van der Waals surface area contributed by atoms with Gasteiger partial charge in [-0.25, -0.2) is 0 Å². The first kappa shape index (κ1) is 8.66. The molecule has 0 aromatic carbocycles. The van der Waals surface area contributed by atoms with Gasteiger partial charge in [0, 0.05) is 12.8 Å². The maximum absolute atomic E-state index is 10.9. The fourth-order valence-electron chi connectivity index (χ4n) is 1.22. The van der Waals surface area contributed by atoms with Gasteiger partial charge in [0.1, 0.15) is 5.78 Å². The van der Waals surface area contributed by atoms with E-state index in [4.69, 9.17) is 5.11 Å². The van der Waals surface area contributed by atoms with Crippen molar-refractivity contribution in [3.8, 4) is 0 Å². The molecule has 11 heavy (non-hydrogen) atoms. The predicted octanol–water partition coefficient (Wildman–Crippen LogP) is 0.871. The van der Waals surface area contributed by atoms with Crippen LogP contribution < -0.4 is 0 Å². The summed E-state index contributed by atoms with van der Waals surface area (Å²) in [6.45, 7) is 0. The maximum atomic E-state index is 10.9. The van der Waals surface area contributed by atoms with Crippen LogP contribution in [0.25, 0.3) is 0 Å². The quantitative estimate of drug-likeness (QED) is 0.632. The van der Waals surface area contributed by atoms with E-state index in [-0.39, 0.29) is 17.9 Å². The molecule has 0 saturated carbocycles. The molecule has 1 fully saturated rings. The maximum Gasteiger partial charge on any atom is 0.303 e. The number of ketones is 1. The molecule has 1 N–H and O–H groups in total. The monoisotopic (exact) mass is 174 g/mol. The number of carboxylic acids is 1. The number of hydrogen-bond donors (Lipinski definition) is 1. The molecule has 1 heterocycles. The van der Waals surface area contributed by atoms with E-state index >= 15 is 0 Å². The van der Waals surface area contributed by atoms with Crippen molar-refractivity contribution in [1.29, 1.82) is 0 Å². The van der Waals surface area contributed by atoms with Crippen LogP contribution >= 0.6 is 8.58 Å². The van der Waals surface area contributed by atoms with Gasteiger partial charge in [0.2, 0.25) is 0 Å². The highest BCUT2D eigenvalue weighted by Gasteiger charge is 2.21. The highest BCUT2D eigenvalue weighted by Crippen LogP contribution is 2.31. The summed E-state index contributed by atoms with van der Waals surface area (Å²) in [5, 5.41) is 8.45. The van der Waals surface area contributed by atoms with Crippen molar-refractivity contribution in [2.75, 3.05) is 6.16 Å². The van der Waals surface area contributed by atoms with Crippen LogP contribution in [0.15, 0.2) is 0 Å². The van der Waals surface area contributed by atoms with E-state index in [0.29, 0.717) is 21.4 Å². The smallest absolute Gasteiger partial charge is 0.303 e. The number of rotatable bonds is 2. The normalized spacial score (nSPS) is 27.3. The van der Waals surface area contributed by atoms with Gasteiger partial charge in [0.05, 0.1) is 6.42 Å². The topological polar surface area (TPSA) is 54.4 Å². The molecule has 4 heteroatoms. The van der Waals surface area contributed by atoms with Gasteiger partial charge in [-0.2, -0.15) is 0 Å². The molecule has 0 bridgehead atoms. The highest BCUT2D eigenvalue weighted by molar-refractivity contribution is 7.39. The van der Waals surface area contributed by atoms with Gasteiger partial charge in [-0.3, -0.25) is 9.59 Å². The molecule has 0 aromatic rings. The molecular formula is C7H11O3P. The van der Waals surface area contributed by atoms with Gasteiger partial charge in [-0.05, 0) is 11.8 Å². The summed E-state index contributed by atoms with van der Waals surface area (Å²) in [5.74, 6) is -0.549. The molecule has 1 rings (SSSR count). The molecule has 0 aliphatic carbocycles. The first-order valence-corrected chi connectivity index (χ1v) is 4.94. The van der Waals surface area contributed by atoms with Crippen molar-refractivity contribution in [3.63, 3.8) is 0 Å². The van der Waals surface area contributed by atoms with E-state index < -0.39 is 5.97 Å². The largest absolute Gasteiger partial charge is 0.481 e. The second kappa shape index (κ2) is 3.82. The van der Waals surface area contributed by atoms with Gasteiger partial charge < -0.3 is 5.11 Å². The molecule has 2 unspecified atom stereocenters. The Morgan fingerprint density at radius 1 is 1.73 bits per heavy atom. The Balaban J connectivity index is 2.34. The molecule has 0 spiro atoms. The number of aliphatic carboxylic acids is 1. The molecule has 1 saturated heterocycles. The summed E-state index contributed by atoms with van der Waals surface area (Å²) in [6, 6.07) is 0. The summed E-state index contributed by atoms with van der Waals surface area (Å²) >= 11 is 0. The molecule has 1 aliphatic rings. The molecular weight excluding hydrogens is 163 g/mol. The second-order valence-corrected chi connectivity index (χ2v) is 4.47. The molecule has 0 amide bonds. The molecule has 62 valence electrons. The summed E-state index contributed by atoms with van der Waals surface area (Å²) < 4.78 is 0. The molecule has 2 atom stereocenters. The van der Waals surface area contributed by atoms with E-state index in [0.717, 1.165) is 6.16 Å². The van der Waals surface area contributed by atoms with Gasteiger partial charge >= 0.3 is 5.97 Å². The zero-order valence-corrected chi connectivity index (χ0v) is 7.17. The van der Waals surface area contributed by atoms with Crippen LogP contribution in [-0.2, 0) is 9.59 Å². The van der Waals surface area contributed by atoms with Crippen molar-refractivity contribution in [3.05, 3.63) is 0 Å². The Kier molecular flexibility index (Phi) is 3.01. The van der Waals surface area contributed by atoms with E-state index in [1.54, 1.807) is 0 Å². The highest BCUT2D eigenvalue weighted by atomic mass is 31.1. The van der Waals surface area contributed by atoms with Crippen molar-refractivity contribution in [1.82, 2.24) is 0 Å². The van der Waals surface area contributed by atoms with E-state index in [2.05, 4.69) is 0 Å². The fourth-order valence-corrected chi connectivity index (χ4v) is 2.74. The molecule has 1 aliphatic heterocycles. The third-order valence-electron chi connectivity index (χ3n) is 1.73. The Morgan fingerprint density at radius 2 is 2.45 bits per heavy atom. The zero-order valence-electron chi connectivity index (χ0n) is 6.17. The van der Waals surface area contributed by atoms with Crippen molar-refractivity contribution in [2.24, 2.45) is 0 Å². The number of carboxylic acid groups (broad SMARTS) is 1. The first-order valence-electron chi connectivity index (χ1n) is 3.65. The third kappa shape index (κ3) is 2.98. The van der Waals surface area contributed by atoms with Crippen LogP contribution in [-0.4, -0.2) is 28.7 Å². The predicted molar refractivity (Wildman–Crippen MR) is 43.5 cm³/mol. The first-order chi connectivity index (χ1) is 5.18. The van der Waals surface area contributed by atoms with E-state index in [9.17, 15) is 9.59 Å². The third-order valence-corrected chi connectivity index (χ3v) is 3.26. The van der Waals surface area contributed by atoms with Crippen molar-refractivity contribution >= 4 is 20.3 Å². The lowest BCUT2D eigenvalue weighted by Crippen LogP contribution is -2.19. The van der Waals surface area contributed by atoms with Crippen molar-refractivity contribution < 1.29 is 14.7 Å².